The van der Waals surface area contributed by atoms with Gasteiger partial charge in [0.1, 0.15) is 10.1 Å². The van der Waals surface area contributed by atoms with Crippen LogP contribution in [0.1, 0.15) is 0 Å². The molecule has 4 heteroatoms. The fraction of sp³-hybridized carbons (Fsp3) is 0.143. The smallest absolute Gasteiger partial charge is 0.139 e. The summed E-state index contributed by atoms with van der Waals surface area (Å²) in [5.41, 5.74) is 0. The Balaban J connectivity index is 2.58. The molecule has 0 amide bonds. The van der Waals surface area contributed by atoms with E-state index in [0.717, 1.165) is 10.1 Å². The molecule has 1 N–H and O–H groups in total. The van der Waals surface area contributed by atoms with Crippen LogP contribution in [0, 0.1) is 0 Å². The monoisotopic (exact) mass is 184 g/mol. The van der Waals surface area contributed by atoms with Crippen molar-refractivity contribution >= 4 is 34.1 Å². The van der Waals surface area contributed by atoms with E-state index in [-0.39, 0.29) is 0 Å². The van der Waals surface area contributed by atoms with Crippen molar-refractivity contribution in [3.05, 3.63) is 24.4 Å². The van der Waals surface area contributed by atoms with Gasteiger partial charge in [-0.05, 0) is 18.4 Å². The SMILES string of the molecule is CSC(=S)Nc1ccccn1. The van der Waals surface area contributed by atoms with E-state index in [4.69, 9.17) is 12.2 Å². The topological polar surface area (TPSA) is 24.9 Å². The van der Waals surface area contributed by atoms with Crippen LogP contribution in [-0.2, 0) is 0 Å². The van der Waals surface area contributed by atoms with Gasteiger partial charge < -0.3 is 5.32 Å². The second kappa shape index (κ2) is 4.31. The largest absolute Gasteiger partial charge is 0.326 e. The Kier molecular flexibility index (Phi) is 3.32. The summed E-state index contributed by atoms with van der Waals surface area (Å²) in [5.74, 6) is 0.798. The summed E-state index contributed by atoms with van der Waals surface area (Å²) >= 11 is 6.45. The van der Waals surface area contributed by atoms with Crippen LogP contribution in [0.2, 0.25) is 0 Å². The lowest BCUT2D eigenvalue weighted by molar-refractivity contribution is 1.33. The van der Waals surface area contributed by atoms with Crippen molar-refractivity contribution in [1.82, 2.24) is 4.98 Å². The van der Waals surface area contributed by atoms with Gasteiger partial charge in [0.15, 0.2) is 0 Å². The molecule has 0 fully saturated rings. The molecule has 2 nitrogen and oxygen atoms in total. The average Bonchev–Trinajstić information content (AvgIpc) is 2.06. The summed E-state index contributed by atoms with van der Waals surface area (Å²) in [4.78, 5) is 4.05. The van der Waals surface area contributed by atoms with Crippen molar-refractivity contribution in [1.29, 1.82) is 0 Å². The van der Waals surface area contributed by atoms with Crippen molar-refractivity contribution in [2.24, 2.45) is 0 Å². The fourth-order valence-corrected chi connectivity index (χ4v) is 0.904. The minimum absolute atomic E-state index is 0.740. The molecule has 0 bridgehead atoms. The molecule has 1 rings (SSSR count). The predicted octanol–water partition coefficient (Wildman–Crippen LogP) is 2.14. The van der Waals surface area contributed by atoms with Crippen LogP contribution in [0.4, 0.5) is 5.82 Å². The van der Waals surface area contributed by atoms with E-state index >= 15 is 0 Å². The first-order valence-electron chi connectivity index (χ1n) is 3.09. The number of rotatable bonds is 1. The highest BCUT2D eigenvalue weighted by Gasteiger charge is 1.93. The van der Waals surface area contributed by atoms with E-state index < -0.39 is 0 Å². The van der Waals surface area contributed by atoms with Crippen molar-refractivity contribution in [2.45, 2.75) is 0 Å². The number of hydrogen-bond donors (Lipinski definition) is 1. The molecule has 0 atom stereocenters. The molecule has 58 valence electrons. The van der Waals surface area contributed by atoms with Gasteiger partial charge in [-0.15, -0.1) is 11.8 Å². The first-order chi connectivity index (χ1) is 5.33. The van der Waals surface area contributed by atoms with Crippen LogP contribution in [-0.4, -0.2) is 15.6 Å². The van der Waals surface area contributed by atoms with Gasteiger partial charge in [0.05, 0.1) is 0 Å². The average molecular weight is 184 g/mol. The highest BCUT2D eigenvalue weighted by molar-refractivity contribution is 8.22. The summed E-state index contributed by atoms with van der Waals surface area (Å²) in [6.07, 6.45) is 3.66. The third-order valence-corrected chi connectivity index (χ3v) is 2.16. The maximum atomic E-state index is 4.95. The number of nitrogens with one attached hydrogen (secondary N) is 1. The molecule has 0 aromatic carbocycles. The molecule has 0 saturated heterocycles. The number of thioether (sulfide) groups is 1. The highest BCUT2D eigenvalue weighted by Crippen LogP contribution is 2.04. The molecule has 0 radical (unpaired) electrons. The third kappa shape index (κ3) is 2.86. The molecule has 0 spiro atoms. The number of aromatic nitrogens is 1. The minimum Gasteiger partial charge on any atom is -0.326 e. The quantitative estimate of drug-likeness (QED) is 0.676. The van der Waals surface area contributed by atoms with Crippen LogP contribution < -0.4 is 5.32 Å². The van der Waals surface area contributed by atoms with Crippen LogP contribution >= 0.6 is 24.0 Å². The molecule has 1 heterocycles. The van der Waals surface area contributed by atoms with E-state index in [0.29, 0.717) is 0 Å². The molecular formula is C7H8N2S2. The maximum Gasteiger partial charge on any atom is 0.139 e. The molecule has 1 aromatic heterocycles. The van der Waals surface area contributed by atoms with Gasteiger partial charge in [-0.1, -0.05) is 18.3 Å². The van der Waals surface area contributed by atoms with Gasteiger partial charge in [0.2, 0.25) is 0 Å². The molecule has 1 aromatic rings. The minimum atomic E-state index is 0.740. The highest BCUT2D eigenvalue weighted by atomic mass is 32.2. The Labute approximate surface area is 75.4 Å². The van der Waals surface area contributed by atoms with Gasteiger partial charge in [-0.2, -0.15) is 0 Å². The number of hydrogen-bond acceptors (Lipinski definition) is 3. The summed E-state index contributed by atoms with van der Waals surface area (Å²) in [6, 6.07) is 5.66. The third-order valence-electron chi connectivity index (χ3n) is 1.08. The number of anilines is 1. The number of nitrogens with zero attached hydrogens (tertiary/aromatic N) is 1. The van der Waals surface area contributed by atoms with E-state index in [1.807, 2.05) is 24.5 Å². The number of pyridine rings is 1. The molecule has 11 heavy (non-hydrogen) atoms. The zero-order valence-corrected chi connectivity index (χ0v) is 7.71. The van der Waals surface area contributed by atoms with Crippen molar-refractivity contribution in [2.75, 3.05) is 11.6 Å². The molecule has 0 unspecified atom stereocenters. The predicted molar refractivity (Wildman–Crippen MR) is 54.0 cm³/mol. The zero-order chi connectivity index (χ0) is 8.10. The lowest BCUT2D eigenvalue weighted by atomic mass is 10.5. The molecule has 0 aliphatic heterocycles. The second-order valence-electron chi connectivity index (χ2n) is 1.83. The second-order valence-corrected chi connectivity index (χ2v) is 3.31. The van der Waals surface area contributed by atoms with Crippen LogP contribution in [0.5, 0.6) is 0 Å². The van der Waals surface area contributed by atoms with Gasteiger partial charge >= 0.3 is 0 Å². The Morgan fingerprint density at radius 3 is 3.00 bits per heavy atom. The van der Waals surface area contributed by atoms with Crippen molar-refractivity contribution in [3.63, 3.8) is 0 Å². The van der Waals surface area contributed by atoms with E-state index in [2.05, 4.69) is 10.3 Å². The normalized spacial score (nSPS) is 9.18. The zero-order valence-electron chi connectivity index (χ0n) is 6.07. The van der Waals surface area contributed by atoms with Gasteiger partial charge in [0, 0.05) is 6.20 Å². The van der Waals surface area contributed by atoms with Crippen LogP contribution in [0.15, 0.2) is 24.4 Å². The Morgan fingerprint density at radius 1 is 1.64 bits per heavy atom. The van der Waals surface area contributed by atoms with E-state index in [1.54, 1.807) is 6.20 Å². The molecule has 0 aliphatic rings. The number of thiocarbonyl (C=S) groups is 1. The standard InChI is InChI=1S/C7H8N2S2/c1-11-7(10)9-6-4-2-3-5-8-6/h2-5H,1H3,(H,8,9,10). The lowest BCUT2D eigenvalue weighted by Gasteiger charge is -2.01. The molecule has 0 aliphatic carbocycles. The maximum absolute atomic E-state index is 4.95. The van der Waals surface area contributed by atoms with E-state index in [1.165, 1.54) is 11.8 Å². The molecular weight excluding hydrogens is 176 g/mol. The van der Waals surface area contributed by atoms with Crippen LogP contribution in [0.25, 0.3) is 0 Å². The summed E-state index contributed by atoms with van der Waals surface area (Å²) in [7, 11) is 0. The van der Waals surface area contributed by atoms with E-state index in [9.17, 15) is 0 Å². The van der Waals surface area contributed by atoms with Gasteiger partial charge in [0.25, 0.3) is 0 Å². The molecule has 0 saturated carbocycles. The van der Waals surface area contributed by atoms with Crippen molar-refractivity contribution < 1.29 is 0 Å². The lowest BCUT2D eigenvalue weighted by Crippen LogP contribution is -2.04. The summed E-state index contributed by atoms with van der Waals surface area (Å²) in [6.45, 7) is 0. The van der Waals surface area contributed by atoms with Crippen molar-refractivity contribution in [3.8, 4) is 0 Å². The Morgan fingerprint density at radius 2 is 2.45 bits per heavy atom. The first-order valence-corrected chi connectivity index (χ1v) is 4.72. The van der Waals surface area contributed by atoms with Crippen LogP contribution in [0.3, 0.4) is 0 Å². The summed E-state index contributed by atoms with van der Waals surface area (Å²) < 4.78 is 0.740. The first kappa shape index (κ1) is 8.49. The summed E-state index contributed by atoms with van der Waals surface area (Å²) in [5, 5.41) is 2.97. The Hall–Kier alpha value is -0.610. The van der Waals surface area contributed by atoms with Gasteiger partial charge in [-0.3, -0.25) is 0 Å². The van der Waals surface area contributed by atoms with Gasteiger partial charge in [-0.25, -0.2) is 4.98 Å². The Bertz CT molecular complexity index is 235. The fourth-order valence-electron chi connectivity index (χ4n) is 0.592.